The summed E-state index contributed by atoms with van der Waals surface area (Å²) in [6.45, 7) is -1.79. The number of ketones is 1. The van der Waals surface area contributed by atoms with Gasteiger partial charge in [0.1, 0.15) is 18.9 Å². The van der Waals surface area contributed by atoms with Crippen molar-refractivity contribution in [2.45, 2.75) is 12.0 Å². The van der Waals surface area contributed by atoms with Crippen molar-refractivity contribution in [3.05, 3.63) is 156 Å². The van der Waals surface area contributed by atoms with Gasteiger partial charge in [-0.1, -0.05) is 115 Å². The topological polar surface area (TPSA) is 34.9 Å². The van der Waals surface area contributed by atoms with Crippen LogP contribution in [0.3, 0.4) is 0 Å². The van der Waals surface area contributed by atoms with Gasteiger partial charge >= 0.3 is 0 Å². The van der Waals surface area contributed by atoms with Crippen molar-refractivity contribution in [3.63, 3.8) is 0 Å². The molecule has 0 amide bonds. The summed E-state index contributed by atoms with van der Waals surface area (Å²) < 4.78 is 29.7. The highest BCUT2D eigenvalue weighted by Crippen LogP contribution is 2.46. The summed E-state index contributed by atoms with van der Waals surface area (Å²) in [7, 11) is 0. The van der Waals surface area contributed by atoms with Crippen molar-refractivity contribution in [3.8, 4) is 11.3 Å². The molecule has 0 aliphatic heterocycles. The number of allylic oxidation sites excluding steroid dienone is 1. The standard InChI is InChI=1S/C35H28F2N2O/c36-23-34(24-37)21-33(40)31(34)20-26-12-10-11-19-30(26)32-22-39(25-38-32)35(27-13-4-1-5-14-27,28-15-6-2-7-16-28)29-17-8-3-9-18-29/h1-20,22,25H,21,23-24H2. The van der Waals surface area contributed by atoms with Crippen LogP contribution in [-0.4, -0.2) is 28.7 Å². The number of hydrogen-bond acceptors (Lipinski definition) is 2. The molecule has 0 bridgehead atoms. The number of Topliss-reactive ketones (excluding diaryl/α,β-unsaturated/α-hetero) is 1. The van der Waals surface area contributed by atoms with Crippen molar-refractivity contribution in [1.82, 2.24) is 9.55 Å². The smallest absolute Gasteiger partial charge is 0.160 e. The van der Waals surface area contributed by atoms with Crippen LogP contribution < -0.4 is 0 Å². The summed E-state index contributed by atoms with van der Waals surface area (Å²) in [4.78, 5) is 17.2. The summed E-state index contributed by atoms with van der Waals surface area (Å²) in [5, 5.41) is 0. The van der Waals surface area contributed by atoms with Gasteiger partial charge in [0.05, 0.1) is 17.4 Å². The van der Waals surface area contributed by atoms with Crippen LogP contribution in [-0.2, 0) is 10.3 Å². The van der Waals surface area contributed by atoms with Crippen molar-refractivity contribution in [2.24, 2.45) is 5.41 Å². The molecule has 0 spiro atoms. The number of hydrogen-bond donors (Lipinski definition) is 0. The van der Waals surface area contributed by atoms with Crippen LogP contribution in [0.1, 0.15) is 28.7 Å². The molecule has 40 heavy (non-hydrogen) atoms. The molecule has 5 aromatic rings. The number of alkyl halides is 2. The second-order valence-electron chi connectivity index (χ2n) is 10.3. The fourth-order valence-corrected chi connectivity index (χ4v) is 5.84. The summed E-state index contributed by atoms with van der Waals surface area (Å²) in [6, 6.07) is 38.5. The molecule has 1 saturated carbocycles. The van der Waals surface area contributed by atoms with Gasteiger partial charge in [0, 0.05) is 23.8 Å². The van der Waals surface area contributed by atoms with Crippen molar-refractivity contribution >= 4 is 11.9 Å². The summed E-state index contributed by atoms with van der Waals surface area (Å²) in [6.07, 6.45) is 5.37. The van der Waals surface area contributed by atoms with Gasteiger partial charge in [-0.25, -0.2) is 4.98 Å². The Kier molecular flexibility index (Phi) is 6.72. The third-order valence-corrected chi connectivity index (χ3v) is 7.96. The van der Waals surface area contributed by atoms with E-state index in [1.165, 1.54) is 0 Å². The van der Waals surface area contributed by atoms with Crippen LogP contribution in [0.2, 0.25) is 0 Å². The zero-order valence-electron chi connectivity index (χ0n) is 21.9. The summed E-state index contributed by atoms with van der Waals surface area (Å²) >= 11 is 0. The Balaban J connectivity index is 1.55. The van der Waals surface area contributed by atoms with E-state index >= 15 is 0 Å². The third-order valence-electron chi connectivity index (χ3n) is 7.96. The van der Waals surface area contributed by atoms with E-state index in [4.69, 9.17) is 4.98 Å². The van der Waals surface area contributed by atoms with Crippen molar-refractivity contribution in [1.29, 1.82) is 0 Å². The molecule has 0 radical (unpaired) electrons. The molecule has 0 unspecified atom stereocenters. The lowest BCUT2D eigenvalue weighted by atomic mass is 9.64. The zero-order chi connectivity index (χ0) is 27.6. The third kappa shape index (κ3) is 4.10. The number of aromatic nitrogens is 2. The maximum Gasteiger partial charge on any atom is 0.160 e. The molecular weight excluding hydrogens is 502 g/mol. The van der Waals surface area contributed by atoms with E-state index in [-0.39, 0.29) is 17.8 Å². The minimum absolute atomic E-state index is 0.101. The molecule has 1 fully saturated rings. The number of imidazole rings is 1. The second kappa shape index (κ2) is 10.5. The lowest BCUT2D eigenvalue weighted by Crippen LogP contribution is -2.44. The number of halogens is 2. The molecule has 1 aliphatic carbocycles. The molecule has 0 saturated heterocycles. The Morgan fingerprint density at radius 1 is 0.750 bits per heavy atom. The van der Waals surface area contributed by atoms with Gasteiger partial charge in [-0.15, -0.1) is 0 Å². The number of nitrogens with zero attached hydrogens (tertiary/aromatic N) is 2. The number of carbonyl (C=O) groups excluding carboxylic acids is 1. The highest BCUT2D eigenvalue weighted by atomic mass is 19.1. The first-order valence-corrected chi connectivity index (χ1v) is 13.3. The van der Waals surface area contributed by atoms with E-state index in [9.17, 15) is 13.6 Å². The maximum atomic E-state index is 13.8. The first kappa shape index (κ1) is 25.6. The molecule has 4 aromatic carbocycles. The van der Waals surface area contributed by atoms with Gasteiger partial charge in [-0.3, -0.25) is 13.6 Å². The van der Waals surface area contributed by atoms with Gasteiger partial charge in [-0.05, 0) is 28.3 Å². The molecule has 1 aliphatic rings. The molecule has 1 heterocycles. The molecule has 0 atom stereocenters. The molecule has 1 aromatic heterocycles. The molecule has 6 rings (SSSR count). The largest absolute Gasteiger partial charge is 0.318 e. The Hall–Kier alpha value is -4.64. The average molecular weight is 531 g/mol. The number of rotatable bonds is 8. The highest BCUT2D eigenvalue weighted by molar-refractivity contribution is 6.08. The molecule has 3 nitrogen and oxygen atoms in total. The average Bonchev–Trinajstić information content (AvgIpc) is 3.51. The van der Waals surface area contributed by atoms with Crippen LogP contribution in [0.15, 0.2) is 133 Å². The van der Waals surface area contributed by atoms with Crippen molar-refractivity contribution in [2.75, 3.05) is 13.3 Å². The predicted molar refractivity (Wildman–Crippen MR) is 154 cm³/mol. The number of benzene rings is 4. The number of carbonyl (C=O) groups is 1. The highest BCUT2D eigenvalue weighted by Gasteiger charge is 2.49. The van der Waals surface area contributed by atoms with Crippen molar-refractivity contribution < 1.29 is 13.6 Å². The van der Waals surface area contributed by atoms with E-state index in [0.717, 1.165) is 22.3 Å². The Morgan fingerprint density at radius 2 is 1.25 bits per heavy atom. The Bertz CT molecular complexity index is 1560. The van der Waals surface area contributed by atoms with Crippen LogP contribution in [0.4, 0.5) is 8.78 Å². The van der Waals surface area contributed by atoms with E-state index in [1.54, 1.807) is 6.08 Å². The SMILES string of the molecule is O=C1CC(CF)(CF)C1=Cc1ccccc1-c1cn(C(c2ccccc2)(c2ccccc2)c2ccccc2)cn1. The molecular formula is C35H28F2N2O. The molecule has 5 heteroatoms. The lowest BCUT2D eigenvalue weighted by molar-refractivity contribution is -0.125. The first-order chi connectivity index (χ1) is 19.6. The van der Waals surface area contributed by atoms with Gasteiger partial charge in [-0.2, -0.15) is 0 Å². The van der Waals surface area contributed by atoms with E-state index in [1.807, 2.05) is 91.4 Å². The fraction of sp³-hybridized carbons (Fsp3) is 0.143. The maximum absolute atomic E-state index is 13.8. The van der Waals surface area contributed by atoms with Gasteiger partial charge in [0.15, 0.2) is 5.78 Å². The minimum Gasteiger partial charge on any atom is -0.318 e. The van der Waals surface area contributed by atoms with E-state index in [0.29, 0.717) is 11.3 Å². The van der Waals surface area contributed by atoms with Gasteiger partial charge in [0.2, 0.25) is 0 Å². The van der Waals surface area contributed by atoms with Crippen LogP contribution in [0.25, 0.3) is 17.3 Å². The zero-order valence-corrected chi connectivity index (χ0v) is 21.9. The predicted octanol–water partition coefficient (Wildman–Crippen LogP) is 7.67. The van der Waals surface area contributed by atoms with Crippen LogP contribution in [0.5, 0.6) is 0 Å². The van der Waals surface area contributed by atoms with Gasteiger partial charge < -0.3 is 4.57 Å². The monoisotopic (exact) mass is 530 g/mol. The lowest BCUT2D eigenvalue weighted by Gasteiger charge is -2.38. The van der Waals surface area contributed by atoms with Gasteiger partial charge in [0.25, 0.3) is 0 Å². The molecule has 0 N–H and O–H groups in total. The normalized spacial score (nSPS) is 15.7. The quantitative estimate of drug-likeness (QED) is 0.152. The Morgan fingerprint density at radius 3 is 1.75 bits per heavy atom. The minimum atomic E-state index is -1.34. The molecule has 198 valence electrons. The van der Waals surface area contributed by atoms with Crippen LogP contribution >= 0.6 is 0 Å². The van der Waals surface area contributed by atoms with E-state index in [2.05, 4.69) is 41.0 Å². The summed E-state index contributed by atoms with van der Waals surface area (Å²) in [5.41, 5.74) is 3.54. The van der Waals surface area contributed by atoms with Crippen LogP contribution in [0, 0.1) is 5.41 Å². The second-order valence-corrected chi connectivity index (χ2v) is 10.3. The first-order valence-electron chi connectivity index (χ1n) is 13.3. The fourth-order valence-electron chi connectivity index (χ4n) is 5.84. The Labute approximate surface area is 232 Å². The summed E-state index contributed by atoms with van der Waals surface area (Å²) in [5.74, 6) is -0.216. The van der Waals surface area contributed by atoms with E-state index < -0.39 is 24.3 Å².